The van der Waals surface area contributed by atoms with Crippen LogP contribution in [0.4, 0.5) is 0 Å². The predicted octanol–water partition coefficient (Wildman–Crippen LogP) is 2.31. The van der Waals surface area contributed by atoms with Crippen molar-refractivity contribution in [2.45, 2.75) is 32.8 Å². The van der Waals surface area contributed by atoms with Gasteiger partial charge in [-0.1, -0.05) is 29.8 Å². The standard InChI is InChI=1S/C14H22O4S/c1-4-17-14(18-5-2)11-19(15,16)10-13-8-6-7-12(3)9-13/h6-9,14H,4-5,10-11H2,1-3H3. The molecular weight excluding hydrogens is 264 g/mol. The Labute approximate surface area is 115 Å². The molecule has 19 heavy (non-hydrogen) atoms. The predicted molar refractivity (Wildman–Crippen MR) is 75.7 cm³/mol. The van der Waals surface area contributed by atoms with E-state index in [0.29, 0.717) is 13.2 Å². The van der Waals surface area contributed by atoms with E-state index in [0.717, 1.165) is 11.1 Å². The summed E-state index contributed by atoms with van der Waals surface area (Å²) in [5.74, 6) is -0.0893. The van der Waals surface area contributed by atoms with E-state index >= 15 is 0 Å². The number of sulfone groups is 1. The topological polar surface area (TPSA) is 52.6 Å². The van der Waals surface area contributed by atoms with Gasteiger partial charge in [0.2, 0.25) is 0 Å². The molecule has 0 heterocycles. The summed E-state index contributed by atoms with van der Waals surface area (Å²) < 4.78 is 34.8. The molecule has 0 atom stereocenters. The van der Waals surface area contributed by atoms with Gasteiger partial charge in [-0.25, -0.2) is 8.42 Å². The number of hydrogen-bond donors (Lipinski definition) is 0. The Kier molecular flexibility index (Phi) is 6.48. The van der Waals surface area contributed by atoms with Gasteiger partial charge in [0.15, 0.2) is 16.1 Å². The lowest BCUT2D eigenvalue weighted by Gasteiger charge is -2.16. The minimum atomic E-state index is -3.25. The summed E-state index contributed by atoms with van der Waals surface area (Å²) in [6, 6.07) is 7.51. The van der Waals surface area contributed by atoms with Gasteiger partial charge in [-0.3, -0.25) is 0 Å². The molecule has 0 aliphatic heterocycles. The molecule has 1 aromatic rings. The molecule has 0 aliphatic rings. The van der Waals surface area contributed by atoms with Crippen molar-refractivity contribution in [1.82, 2.24) is 0 Å². The number of benzene rings is 1. The molecule has 0 unspecified atom stereocenters. The van der Waals surface area contributed by atoms with Crippen LogP contribution in [-0.4, -0.2) is 33.7 Å². The smallest absolute Gasteiger partial charge is 0.171 e. The van der Waals surface area contributed by atoms with Crippen LogP contribution in [0.15, 0.2) is 24.3 Å². The number of hydrogen-bond acceptors (Lipinski definition) is 4. The van der Waals surface area contributed by atoms with E-state index in [9.17, 15) is 8.42 Å². The molecule has 4 nitrogen and oxygen atoms in total. The fourth-order valence-electron chi connectivity index (χ4n) is 1.84. The van der Waals surface area contributed by atoms with Gasteiger partial charge >= 0.3 is 0 Å². The van der Waals surface area contributed by atoms with E-state index in [2.05, 4.69) is 0 Å². The molecule has 0 aliphatic carbocycles. The molecular formula is C14H22O4S. The van der Waals surface area contributed by atoms with E-state index in [1.54, 1.807) is 0 Å². The second-order valence-corrected chi connectivity index (χ2v) is 6.49. The summed E-state index contributed by atoms with van der Waals surface area (Å²) in [7, 11) is -3.25. The molecule has 0 radical (unpaired) electrons. The third kappa shape index (κ3) is 6.18. The average Bonchev–Trinajstić information content (AvgIpc) is 2.28. The molecule has 0 bridgehead atoms. The van der Waals surface area contributed by atoms with Crippen molar-refractivity contribution in [2.24, 2.45) is 0 Å². The summed E-state index contributed by atoms with van der Waals surface area (Å²) in [6.07, 6.45) is -0.676. The molecule has 0 N–H and O–H groups in total. The lowest BCUT2D eigenvalue weighted by molar-refractivity contribution is -0.120. The minimum Gasteiger partial charge on any atom is -0.352 e. The summed E-state index contributed by atoms with van der Waals surface area (Å²) >= 11 is 0. The van der Waals surface area contributed by atoms with E-state index in [4.69, 9.17) is 9.47 Å². The first-order valence-electron chi connectivity index (χ1n) is 6.46. The highest BCUT2D eigenvalue weighted by atomic mass is 32.2. The highest BCUT2D eigenvalue weighted by Gasteiger charge is 2.20. The van der Waals surface area contributed by atoms with Crippen LogP contribution in [0.2, 0.25) is 0 Å². The molecule has 1 aromatic carbocycles. The van der Waals surface area contributed by atoms with Gasteiger partial charge in [-0.15, -0.1) is 0 Å². The Hall–Kier alpha value is -0.910. The Bertz CT molecular complexity index is 476. The van der Waals surface area contributed by atoms with Gasteiger partial charge in [-0.2, -0.15) is 0 Å². The monoisotopic (exact) mass is 286 g/mol. The summed E-state index contributed by atoms with van der Waals surface area (Å²) in [5.41, 5.74) is 1.85. The molecule has 108 valence electrons. The van der Waals surface area contributed by atoms with Crippen LogP contribution in [0, 0.1) is 6.92 Å². The first-order chi connectivity index (χ1) is 8.96. The maximum atomic E-state index is 12.1. The van der Waals surface area contributed by atoms with Crippen LogP contribution in [0.3, 0.4) is 0 Å². The van der Waals surface area contributed by atoms with Crippen molar-refractivity contribution in [2.75, 3.05) is 19.0 Å². The van der Waals surface area contributed by atoms with Crippen molar-refractivity contribution < 1.29 is 17.9 Å². The van der Waals surface area contributed by atoms with Gasteiger partial charge in [0.1, 0.15) is 5.75 Å². The third-order valence-electron chi connectivity index (χ3n) is 2.56. The molecule has 0 spiro atoms. The van der Waals surface area contributed by atoms with E-state index in [1.807, 2.05) is 45.0 Å². The Balaban J connectivity index is 2.69. The molecule has 5 heteroatoms. The summed E-state index contributed by atoms with van der Waals surface area (Å²) in [6.45, 7) is 6.45. The van der Waals surface area contributed by atoms with Gasteiger partial charge in [0.25, 0.3) is 0 Å². The fourth-order valence-corrected chi connectivity index (χ4v) is 3.25. The van der Waals surface area contributed by atoms with E-state index < -0.39 is 16.1 Å². The van der Waals surface area contributed by atoms with Gasteiger partial charge in [0.05, 0.1) is 5.75 Å². The van der Waals surface area contributed by atoms with Crippen LogP contribution in [-0.2, 0) is 25.1 Å². The Morgan fingerprint density at radius 3 is 2.32 bits per heavy atom. The molecule has 0 saturated carbocycles. The van der Waals surface area contributed by atoms with Gasteiger partial charge < -0.3 is 9.47 Å². The van der Waals surface area contributed by atoms with E-state index in [-0.39, 0.29) is 11.5 Å². The maximum absolute atomic E-state index is 12.1. The molecule has 0 fully saturated rings. The first kappa shape index (κ1) is 16.1. The SMILES string of the molecule is CCOC(CS(=O)(=O)Cc1cccc(C)c1)OCC. The van der Waals surface area contributed by atoms with E-state index in [1.165, 1.54) is 0 Å². The largest absolute Gasteiger partial charge is 0.352 e. The van der Waals surface area contributed by atoms with Crippen LogP contribution >= 0.6 is 0 Å². The first-order valence-corrected chi connectivity index (χ1v) is 8.28. The zero-order valence-corrected chi connectivity index (χ0v) is 12.6. The zero-order chi connectivity index (χ0) is 14.3. The number of rotatable bonds is 8. The second kappa shape index (κ2) is 7.62. The summed E-state index contributed by atoms with van der Waals surface area (Å²) in [5, 5.41) is 0. The van der Waals surface area contributed by atoms with Crippen LogP contribution in [0.25, 0.3) is 0 Å². The highest BCUT2D eigenvalue weighted by Crippen LogP contribution is 2.11. The van der Waals surface area contributed by atoms with Crippen LogP contribution in [0.1, 0.15) is 25.0 Å². The Morgan fingerprint density at radius 2 is 1.79 bits per heavy atom. The molecule has 1 rings (SSSR count). The van der Waals surface area contributed by atoms with Crippen molar-refractivity contribution in [3.05, 3.63) is 35.4 Å². The molecule has 0 saturated heterocycles. The van der Waals surface area contributed by atoms with Crippen molar-refractivity contribution in [3.63, 3.8) is 0 Å². The number of aryl methyl sites for hydroxylation is 1. The quantitative estimate of drug-likeness (QED) is 0.688. The summed E-state index contributed by atoms with van der Waals surface area (Å²) in [4.78, 5) is 0. The maximum Gasteiger partial charge on any atom is 0.171 e. The zero-order valence-electron chi connectivity index (χ0n) is 11.8. The average molecular weight is 286 g/mol. The second-order valence-electron chi connectivity index (χ2n) is 4.38. The van der Waals surface area contributed by atoms with Crippen LogP contribution < -0.4 is 0 Å². The van der Waals surface area contributed by atoms with Gasteiger partial charge in [0, 0.05) is 13.2 Å². The van der Waals surface area contributed by atoms with Crippen LogP contribution in [0.5, 0.6) is 0 Å². The molecule has 0 aromatic heterocycles. The third-order valence-corrected chi connectivity index (χ3v) is 4.12. The minimum absolute atomic E-state index is 0.0192. The lowest BCUT2D eigenvalue weighted by atomic mass is 10.2. The highest BCUT2D eigenvalue weighted by molar-refractivity contribution is 7.90. The lowest BCUT2D eigenvalue weighted by Crippen LogP contribution is -2.28. The van der Waals surface area contributed by atoms with Crippen molar-refractivity contribution >= 4 is 9.84 Å². The van der Waals surface area contributed by atoms with Gasteiger partial charge in [-0.05, 0) is 26.3 Å². The fraction of sp³-hybridized carbons (Fsp3) is 0.571. The Morgan fingerprint density at radius 1 is 1.16 bits per heavy atom. The van der Waals surface area contributed by atoms with Crippen molar-refractivity contribution in [1.29, 1.82) is 0 Å². The van der Waals surface area contributed by atoms with Crippen molar-refractivity contribution in [3.8, 4) is 0 Å². The number of ether oxygens (including phenoxy) is 2. The molecule has 0 amide bonds. The normalized spacial score (nSPS) is 12.0.